The Hall–Kier alpha value is -2.49. The van der Waals surface area contributed by atoms with E-state index in [1.165, 1.54) is 0 Å². The molecule has 0 heterocycles. The zero-order valence-corrected chi connectivity index (χ0v) is 13.8. The molecule has 1 amide bonds. The zero-order valence-electron chi connectivity index (χ0n) is 13.8. The lowest BCUT2D eigenvalue weighted by molar-refractivity contribution is -0.121. The van der Waals surface area contributed by atoms with Crippen molar-refractivity contribution in [2.24, 2.45) is 0 Å². The Labute approximate surface area is 137 Å². The first-order chi connectivity index (χ1) is 11.1. The monoisotopic (exact) mass is 313 g/mol. The van der Waals surface area contributed by atoms with Crippen LogP contribution in [0.5, 0.6) is 11.5 Å². The molecule has 0 aliphatic rings. The van der Waals surface area contributed by atoms with Crippen LogP contribution in [0.1, 0.15) is 30.5 Å². The molecule has 0 aliphatic carbocycles. The lowest BCUT2D eigenvalue weighted by atomic mass is 10.1. The van der Waals surface area contributed by atoms with Gasteiger partial charge in [-0.2, -0.15) is 0 Å². The number of nitrogens with one attached hydrogen (secondary N) is 1. The predicted molar refractivity (Wildman–Crippen MR) is 90.9 cm³/mol. The van der Waals surface area contributed by atoms with Crippen LogP contribution in [0.15, 0.2) is 48.5 Å². The first-order valence-corrected chi connectivity index (χ1v) is 7.68. The van der Waals surface area contributed by atoms with E-state index in [0.29, 0.717) is 12.8 Å². The Bertz CT molecular complexity index is 620. The van der Waals surface area contributed by atoms with Crippen molar-refractivity contribution in [2.75, 3.05) is 14.2 Å². The lowest BCUT2D eigenvalue weighted by Gasteiger charge is -2.15. The maximum Gasteiger partial charge on any atom is 0.220 e. The minimum absolute atomic E-state index is 0.0238. The van der Waals surface area contributed by atoms with Crippen LogP contribution in [0.3, 0.4) is 0 Å². The molecular weight excluding hydrogens is 290 g/mol. The van der Waals surface area contributed by atoms with E-state index in [2.05, 4.69) is 5.32 Å². The molecule has 2 aromatic carbocycles. The maximum atomic E-state index is 12.1. The number of rotatable bonds is 7. The molecule has 4 heteroatoms. The number of carbonyl (C=O) groups excluding carboxylic acids is 1. The number of benzene rings is 2. The number of ether oxygens (including phenoxy) is 2. The third kappa shape index (κ3) is 5.02. The van der Waals surface area contributed by atoms with Crippen molar-refractivity contribution in [2.45, 2.75) is 25.8 Å². The Morgan fingerprint density at radius 2 is 1.48 bits per heavy atom. The van der Waals surface area contributed by atoms with E-state index in [1.807, 2.05) is 55.5 Å². The fourth-order valence-electron chi connectivity index (χ4n) is 2.34. The highest BCUT2D eigenvalue weighted by Crippen LogP contribution is 2.17. The molecule has 2 rings (SSSR count). The standard InChI is InChI=1S/C19H23NO3/c1-14(16-7-11-18(23-3)12-8-16)20-19(21)13-6-15-4-9-17(22-2)10-5-15/h4-5,7-12,14H,6,13H2,1-3H3,(H,20,21). The highest BCUT2D eigenvalue weighted by atomic mass is 16.5. The number of hydrogen-bond acceptors (Lipinski definition) is 3. The molecule has 23 heavy (non-hydrogen) atoms. The van der Waals surface area contributed by atoms with Gasteiger partial charge in [0.2, 0.25) is 5.91 Å². The molecule has 1 unspecified atom stereocenters. The van der Waals surface area contributed by atoms with Crippen LogP contribution in [0.25, 0.3) is 0 Å². The minimum atomic E-state index is -0.0238. The number of aryl methyl sites for hydroxylation is 1. The van der Waals surface area contributed by atoms with Crippen molar-refractivity contribution in [1.82, 2.24) is 5.32 Å². The van der Waals surface area contributed by atoms with Crippen molar-refractivity contribution in [3.63, 3.8) is 0 Å². The molecule has 1 N–H and O–H groups in total. The van der Waals surface area contributed by atoms with E-state index in [1.54, 1.807) is 14.2 Å². The van der Waals surface area contributed by atoms with Gasteiger partial charge < -0.3 is 14.8 Å². The Balaban J connectivity index is 1.83. The van der Waals surface area contributed by atoms with Crippen LogP contribution in [-0.4, -0.2) is 20.1 Å². The van der Waals surface area contributed by atoms with Gasteiger partial charge in [0.15, 0.2) is 0 Å². The number of hydrogen-bond donors (Lipinski definition) is 1. The molecule has 0 aromatic heterocycles. The zero-order chi connectivity index (χ0) is 16.7. The molecule has 1 atom stereocenters. The quantitative estimate of drug-likeness (QED) is 0.851. The van der Waals surface area contributed by atoms with Crippen LogP contribution >= 0.6 is 0 Å². The average molecular weight is 313 g/mol. The third-order valence-corrected chi connectivity index (χ3v) is 3.79. The van der Waals surface area contributed by atoms with E-state index in [-0.39, 0.29) is 11.9 Å². The highest BCUT2D eigenvalue weighted by molar-refractivity contribution is 5.76. The van der Waals surface area contributed by atoms with E-state index in [9.17, 15) is 4.79 Å². The van der Waals surface area contributed by atoms with Crippen molar-refractivity contribution in [1.29, 1.82) is 0 Å². The highest BCUT2D eigenvalue weighted by Gasteiger charge is 2.10. The lowest BCUT2D eigenvalue weighted by Crippen LogP contribution is -2.26. The second kappa shape index (κ2) is 8.22. The number of methoxy groups -OCH3 is 2. The van der Waals surface area contributed by atoms with Crippen molar-refractivity contribution in [3.05, 3.63) is 59.7 Å². The molecule has 0 saturated heterocycles. The predicted octanol–water partition coefficient (Wildman–Crippen LogP) is 3.51. The first-order valence-electron chi connectivity index (χ1n) is 7.68. The Morgan fingerprint density at radius 3 is 2.00 bits per heavy atom. The van der Waals surface area contributed by atoms with Gasteiger partial charge in [-0.15, -0.1) is 0 Å². The van der Waals surface area contributed by atoms with Gasteiger partial charge in [-0.3, -0.25) is 4.79 Å². The second-order valence-electron chi connectivity index (χ2n) is 5.41. The van der Waals surface area contributed by atoms with Gasteiger partial charge in [-0.25, -0.2) is 0 Å². The van der Waals surface area contributed by atoms with E-state index in [4.69, 9.17) is 9.47 Å². The van der Waals surface area contributed by atoms with E-state index >= 15 is 0 Å². The second-order valence-corrected chi connectivity index (χ2v) is 5.41. The Morgan fingerprint density at radius 1 is 0.957 bits per heavy atom. The van der Waals surface area contributed by atoms with Crippen LogP contribution in [-0.2, 0) is 11.2 Å². The topological polar surface area (TPSA) is 47.6 Å². The summed E-state index contributed by atoms with van der Waals surface area (Å²) in [5, 5.41) is 3.02. The van der Waals surface area contributed by atoms with Gasteiger partial charge in [0.05, 0.1) is 20.3 Å². The summed E-state index contributed by atoms with van der Waals surface area (Å²) in [5.74, 6) is 1.68. The average Bonchev–Trinajstić information content (AvgIpc) is 2.60. The molecule has 0 aliphatic heterocycles. The molecule has 0 fully saturated rings. The van der Waals surface area contributed by atoms with E-state index in [0.717, 1.165) is 22.6 Å². The van der Waals surface area contributed by atoms with E-state index < -0.39 is 0 Å². The fourth-order valence-corrected chi connectivity index (χ4v) is 2.34. The van der Waals surface area contributed by atoms with Crippen molar-refractivity contribution in [3.8, 4) is 11.5 Å². The first kappa shape index (κ1) is 16.9. The molecule has 122 valence electrons. The number of amides is 1. The summed E-state index contributed by atoms with van der Waals surface area (Å²) < 4.78 is 10.3. The van der Waals surface area contributed by atoms with Gasteiger partial charge in [0.1, 0.15) is 11.5 Å². The number of carbonyl (C=O) groups is 1. The van der Waals surface area contributed by atoms with Gasteiger partial charge in [-0.05, 0) is 48.7 Å². The SMILES string of the molecule is COc1ccc(CCC(=O)NC(C)c2ccc(OC)cc2)cc1. The van der Waals surface area contributed by atoms with Gasteiger partial charge >= 0.3 is 0 Å². The minimum Gasteiger partial charge on any atom is -0.497 e. The molecule has 0 saturated carbocycles. The summed E-state index contributed by atoms with van der Waals surface area (Å²) in [6.45, 7) is 1.98. The molecule has 2 aromatic rings. The maximum absolute atomic E-state index is 12.1. The smallest absolute Gasteiger partial charge is 0.220 e. The summed E-state index contributed by atoms with van der Waals surface area (Å²) in [7, 11) is 3.28. The molecule has 0 radical (unpaired) electrons. The molecule has 0 bridgehead atoms. The summed E-state index contributed by atoms with van der Waals surface area (Å²) in [6, 6.07) is 15.5. The molecule has 4 nitrogen and oxygen atoms in total. The summed E-state index contributed by atoms with van der Waals surface area (Å²) in [5.41, 5.74) is 2.18. The largest absolute Gasteiger partial charge is 0.497 e. The third-order valence-electron chi connectivity index (χ3n) is 3.79. The van der Waals surface area contributed by atoms with Crippen molar-refractivity contribution >= 4 is 5.91 Å². The summed E-state index contributed by atoms with van der Waals surface area (Å²) in [4.78, 5) is 12.1. The van der Waals surface area contributed by atoms with Gasteiger partial charge in [-0.1, -0.05) is 24.3 Å². The normalized spacial score (nSPS) is 11.6. The molecule has 0 spiro atoms. The summed E-state index contributed by atoms with van der Waals surface area (Å²) >= 11 is 0. The van der Waals surface area contributed by atoms with Gasteiger partial charge in [0, 0.05) is 6.42 Å². The van der Waals surface area contributed by atoms with Crippen LogP contribution < -0.4 is 14.8 Å². The van der Waals surface area contributed by atoms with Crippen LogP contribution in [0.4, 0.5) is 0 Å². The Kier molecular flexibility index (Phi) is 6.03. The van der Waals surface area contributed by atoms with Crippen molar-refractivity contribution < 1.29 is 14.3 Å². The molecular formula is C19H23NO3. The van der Waals surface area contributed by atoms with Crippen LogP contribution in [0.2, 0.25) is 0 Å². The fraction of sp³-hybridized carbons (Fsp3) is 0.316. The van der Waals surface area contributed by atoms with Gasteiger partial charge in [0.25, 0.3) is 0 Å². The summed E-state index contributed by atoms with van der Waals surface area (Å²) in [6.07, 6.45) is 1.18. The van der Waals surface area contributed by atoms with Crippen LogP contribution in [0, 0.1) is 0 Å².